The fourth-order valence-corrected chi connectivity index (χ4v) is 3.44. The number of aryl methyl sites for hydroxylation is 2. The highest BCUT2D eigenvalue weighted by atomic mass is 19.1. The third-order valence-corrected chi connectivity index (χ3v) is 4.67. The number of fused-ring (bicyclic) bond motifs is 1. The minimum absolute atomic E-state index is 0.238. The summed E-state index contributed by atoms with van der Waals surface area (Å²) < 4.78 is 15.2. The number of aromatic amines is 1. The molecule has 1 unspecified atom stereocenters. The van der Waals surface area contributed by atoms with Gasteiger partial charge < -0.3 is 4.98 Å². The van der Waals surface area contributed by atoms with Gasteiger partial charge in [-0.25, -0.2) is 14.1 Å². The maximum Gasteiger partial charge on any atom is 0.148 e. The predicted molar refractivity (Wildman–Crippen MR) is 86.8 cm³/mol. The van der Waals surface area contributed by atoms with E-state index < -0.39 is 0 Å². The van der Waals surface area contributed by atoms with E-state index in [9.17, 15) is 4.39 Å². The van der Waals surface area contributed by atoms with Crippen molar-refractivity contribution in [1.29, 1.82) is 0 Å². The van der Waals surface area contributed by atoms with Crippen LogP contribution in [0.5, 0.6) is 0 Å². The summed E-state index contributed by atoms with van der Waals surface area (Å²) >= 11 is 0. The first-order valence-electron chi connectivity index (χ1n) is 8.33. The van der Waals surface area contributed by atoms with Crippen LogP contribution < -0.4 is 0 Å². The number of hydrogen-bond acceptors (Lipinski definition) is 5. The third-order valence-electron chi connectivity index (χ3n) is 4.67. The zero-order valence-electron chi connectivity index (χ0n) is 13.6. The lowest BCUT2D eigenvalue weighted by Gasteiger charge is -2.22. The molecule has 0 bridgehead atoms. The summed E-state index contributed by atoms with van der Waals surface area (Å²) in [5, 5.41) is 11.6. The highest BCUT2D eigenvalue weighted by molar-refractivity contribution is 5.75. The van der Waals surface area contributed by atoms with Crippen molar-refractivity contribution in [1.82, 2.24) is 35.1 Å². The molecule has 3 heterocycles. The molecular weight excluding hydrogens is 309 g/mol. The van der Waals surface area contributed by atoms with Crippen LogP contribution in [0.4, 0.5) is 4.39 Å². The zero-order chi connectivity index (χ0) is 16.5. The van der Waals surface area contributed by atoms with Gasteiger partial charge in [-0.3, -0.25) is 4.90 Å². The second-order valence-electron chi connectivity index (χ2n) is 6.28. The number of H-pyrrole nitrogens is 1. The molecule has 0 spiro atoms. The van der Waals surface area contributed by atoms with Gasteiger partial charge in [-0.05, 0) is 61.4 Å². The number of imidazole rings is 1. The zero-order valence-corrected chi connectivity index (χ0v) is 13.6. The van der Waals surface area contributed by atoms with Gasteiger partial charge in [0, 0.05) is 13.1 Å². The molecule has 0 radical (unpaired) electrons. The molecule has 8 heteroatoms. The summed E-state index contributed by atoms with van der Waals surface area (Å²) in [4.78, 5) is 10.4. The summed E-state index contributed by atoms with van der Waals surface area (Å²) in [6.07, 6.45) is 3.21. The molecule has 1 aliphatic heterocycles. The Morgan fingerprint density at radius 2 is 2.25 bits per heavy atom. The molecule has 7 nitrogen and oxygen atoms in total. The Kier molecular flexibility index (Phi) is 3.97. The Morgan fingerprint density at radius 3 is 3.08 bits per heavy atom. The first-order valence-corrected chi connectivity index (χ1v) is 8.33. The molecule has 126 valence electrons. The number of benzene rings is 1. The van der Waals surface area contributed by atoms with Crippen LogP contribution in [0, 0.1) is 12.7 Å². The lowest BCUT2D eigenvalue weighted by atomic mass is 10.2. The second kappa shape index (κ2) is 6.27. The standard InChI is InChI=1S/C16H20FN7/c1-11-20-21-22-24(11)9-3-8-23-7-2-4-15(23)16-18-13-6-5-12(17)10-14(13)19-16/h5-6,10,15H,2-4,7-9H2,1H3,(H,18,19). The van der Waals surface area contributed by atoms with Gasteiger partial charge in [-0.15, -0.1) is 5.10 Å². The summed E-state index contributed by atoms with van der Waals surface area (Å²) in [5.74, 6) is 1.54. The number of rotatable bonds is 5. The van der Waals surface area contributed by atoms with Crippen molar-refractivity contribution in [3.8, 4) is 0 Å². The molecule has 0 amide bonds. The van der Waals surface area contributed by atoms with Crippen LogP contribution >= 0.6 is 0 Å². The van der Waals surface area contributed by atoms with Crippen LogP contribution in [0.25, 0.3) is 11.0 Å². The van der Waals surface area contributed by atoms with Gasteiger partial charge in [0.1, 0.15) is 17.5 Å². The second-order valence-corrected chi connectivity index (χ2v) is 6.28. The fourth-order valence-electron chi connectivity index (χ4n) is 3.44. The van der Waals surface area contributed by atoms with Gasteiger partial charge in [-0.1, -0.05) is 0 Å². The topological polar surface area (TPSA) is 75.5 Å². The van der Waals surface area contributed by atoms with E-state index in [2.05, 4.69) is 30.4 Å². The van der Waals surface area contributed by atoms with Crippen LogP contribution in [0.1, 0.15) is 37.0 Å². The lowest BCUT2D eigenvalue weighted by Crippen LogP contribution is -2.26. The van der Waals surface area contributed by atoms with E-state index in [1.807, 2.05) is 11.6 Å². The Balaban J connectivity index is 1.44. The maximum absolute atomic E-state index is 13.4. The van der Waals surface area contributed by atoms with Crippen molar-refractivity contribution in [3.63, 3.8) is 0 Å². The van der Waals surface area contributed by atoms with Crippen molar-refractivity contribution >= 4 is 11.0 Å². The molecular formula is C16H20FN7. The Bertz CT molecular complexity index is 840. The van der Waals surface area contributed by atoms with Gasteiger partial charge in [0.15, 0.2) is 0 Å². The molecule has 24 heavy (non-hydrogen) atoms. The SMILES string of the molecule is Cc1nnnn1CCCN1CCCC1c1nc2ccc(F)cc2[nH]1. The molecule has 3 aromatic rings. The Labute approximate surface area is 138 Å². The molecule has 0 saturated carbocycles. The van der Waals surface area contributed by atoms with Crippen molar-refractivity contribution < 1.29 is 4.39 Å². The van der Waals surface area contributed by atoms with Crippen LogP contribution in [0.3, 0.4) is 0 Å². The van der Waals surface area contributed by atoms with Crippen molar-refractivity contribution in [2.45, 2.75) is 38.8 Å². The van der Waals surface area contributed by atoms with Gasteiger partial charge in [0.05, 0.1) is 17.1 Å². The molecule has 1 fully saturated rings. The molecule has 1 N–H and O–H groups in total. The first kappa shape index (κ1) is 15.2. The van der Waals surface area contributed by atoms with Crippen LogP contribution in [-0.2, 0) is 6.54 Å². The van der Waals surface area contributed by atoms with Crippen LogP contribution in [0.2, 0.25) is 0 Å². The van der Waals surface area contributed by atoms with Crippen LogP contribution in [-0.4, -0.2) is 48.2 Å². The molecule has 1 aromatic carbocycles. The number of tetrazole rings is 1. The minimum atomic E-state index is -0.238. The van der Waals surface area contributed by atoms with E-state index in [1.165, 1.54) is 12.1 Å². The molecule has 2 aromatic heterocycles. The third kappa shape index (κ3) is 2.89. The lowest BCUT2D eigenvalue weighted by molar-refractivity contribution is 0.240. The first-order chi connectivity index (χ1) is 11.7. The summed E-state index contributed by atoms with van der Waals surface area (Å²) in [7, 11) is 0. The normalized spacial score (nSPS) is 18.7. The quantitative estimate of drug-likeness (QED) is 0.777. The van der Waals surface area contributed by atoms with Crippen molar-refractivity contribution in [2.75, 3.05) is 13.1 Å². The molecule has 1 saturated heterocycles. The number of halogens is 1. The number of likely N-dealkylation sites (tertiary alicyclic amines) is 1. The molecule has 1 atom stereocenters. The van der Waals surface area contributed by atoms with Gasteiger partial charge in [0.25, 0.3) is 0 Å². The van der Waals surface area contributed by atoms with E-state index in [-0.39, 0.29) is 11.9 Å². The van der Waals surface area contributed by atoms with Gasteiger partial charge >= 0.3 is 0 Å². The van der Waals surface area contributed by atoms with E-state index in [0.717, 1.165) is 61.6 Å². The van der Waals surface area contributed by atoms with Gasteiger partial charge in [0.2, 0.25) is 0 Å². The summed E-state index contributed by atoms with van der Waals surface area (Å²) in [5.41, 5.74) is 1.59. The number of nitrogens with one attached hydrogen (secondary N) is 1. The van der Waals surface area contributed by atoms with E-state index >= 15 is 0 Å². The minimum Gasteiger partial charge on any atom is -0.341 e. The molecule has 1 aliphatic rings. The largest absolute Gasteiger partial charge is 0.341 e. The summed E-state index contributed by atoms with van der Waals surface area (Å²) in [6, 6.07) is 4.96. The Morgan fingerprint density at radius 1 is 1.33 bits per heavy atom. The fraction of sp³-hybridized carbons (Fsp3) is 0.500. The van der Waals surface area contributed by atoms with E-state index in [4.69, 9.17) is 0 Å². The summed E-state index contributed by atoms with van der Waals surface area (Å²) in [6.45, 7) is 4.75. The smallest absolute Gasteiger partial charge is 0.148 e. The number of hydrogen-bond donors (Lipinski definition) is 1. The van der Waals surface area contributed by atoms with E-state index in [0.29, 0.717) is 0 Å². The Hall–Kier alpha value is -2.35. The van der Waals surface area contributed by atoms with Crippen LogP contribution in [0.15, 0.2) is 18.2 Å². The number of aromatic nitrogens is 6. The monoisotopic (exact) mass is 329 g/mol. The van der Waals surface area contributed by atoms with Gasteiger partial charge in [-0.2, -0.15) is 0 Å². The molecule has 0 aliphatic carbocycles. The van der Waals surface area contributed by atoms with E-state index in [1.54, 1.807) is 6.07 Å². The predicted octanol–water partition coefficient (Wildman–Crippen LogP) is 2.22. The average Bonchev–Trinajstić information content (AvgIpc) is 3.27. The molecule has 4 rings (SSSR count). The number of nitrogens with zero attached hydrogens (tertiary/aromatic N) is 6. The highest BCUT2D eigenvalue weighted by Crippen LogP contribution is 2.31. The maximum atomic E-state index is 13.4. The van der Waals surface area contributed by atoms with Crippen molar-refractivity contribution in [2.24, 2.45) is 0 Å². The van der Waals surface area contributed by atoms with Crippen molar-refractivity contribution in [3.05, 3.63) is 35.7 Å². The highest BCUT2D eigenvalue weighted by Gasteiger charge is 2.28. The average molecular weight is 329 g/mol.